The number of carbonyl (C=O) groups is 1. The normalized spacial score (nSPS) is 13.0. The van der Waals surface area contributed by atoms with Crippen molar-refractivity contribution < 1.29 is 14.3 Å². The van der Waals surface area contributed by atoms with E-state index in [-0.39, 0.29) is 11.9 Å². The van der Waals surface area contributed by atoms with Crippen LogP contribution in [0.5, 0.6) is 11.5 Å². The van der Waals surface area contributed by atoms with E-state index >= 15 is 0 Å². The summed E-state index contributed by atoms with van der Waals surface area (Å²) in [5.74, 6) is 1.44. The molecule has 0 aliphatic carbocycles. The van der Waals surface area contributed by atoms with E-state index in [4.69, 9.17) is 9.47 Å². The molecule has 1 amide bonds. The molecule has 4 nitrogen and oxygen atoms in total. The molecule has 0 spiro atoms. The third kappa shape index (κ3) is 5.24. The lowest BCUT2D eigenvalue weighted by molar-refractivity contribution is -0.128. The molecule has 1 N–H and O–H groups in total. The molecule has 2 atom stereocenters. The van der Waals surface area contributed by atoms with Crippen LogP contribution in [0, 0.1) is 6.92 Å². The first-order valence-corrected chi connectivity index (χ1v) is 8.75. The maximum absolute atomic E-state index is 12.7. The first-order chi connectivity index (χ1) is 12.1. The van der Waals surface area contributed by atoms with E-state index in [9.17, 15) is 4.79 Å². The van der Waals surface area contributed by atoms with Gasteiger partial charge in [-0.1, -0.05) is 38.1 Å². The largest absolute Gasteiger partial charge is 0.497 e. The van der Waals surface area contributed by atoms with E-state index in [2.05, 4.69) is 12.2 Å². The molecule has 0 unspecified atom stereocenters. The van der Waals surface area contributed by atoms with Gasteiger partial charge in [0.25, 0.3) is 5.91 Å². The van der Waals surface area contributed by atoms with Crippen molar-refractivity contribution in [1.29, 1.82) is 0 Å². The van der Waals surface area contributed by atoms with Crippen molar-refractivity contribution in [2.45, 2.75) is 45.8 Å². The summed E-state index contributed by atoms with van der Waals surface area (Å²) in [6, 6.07) is 15.5. The van der Waals surface area contributed by atoms with Gasteiger partial charge in [0.05, 0.1) is 13.2 Å². The van der Waals surface area contributed by atoms with Crippen molar-refractivity contribution in [1.82, 2.24) is 5.32 Å². The van der Waals surface area contributed by atoms with Crippen LogP contribution in [0.1, 0.15) is 43.9 Å². The zero-order valence-corrected chi connectivity index (χ0v) is 15.4. The molecule has 4 heteroatoms. The predicted octanol–water partition coefficient (Wildman–Crippen LogP) is 4.43. The van der Waals surface area contributed by atoms with E-state index in [1.165, 1.54) is 0 Å². The minimum absolute atomic E-state index is 0.0476. The number of nitrogens with one attached hydrogen (secondary N) is 1. The van der Waals surface area contributed by atoms with Gasteiger partial charge in [-0.25, -0.2) is 0 Å². The second-order valence-corrected chi connectivity index (χ2v) is 6.07. The van der Waals surface area contributed by atoms with Crippen molar-refractivity contribution >= 4 is 5.91 Å². The fraction of sp³-hybridized carbons (Fsp3) is 0.381. The van der Waals surface area contributed by atoms with Crippen molar-refractivity contribution in [2.75, 3.05) is 7.11 Å². The zero-order valence-electron chi connectivity index (χ0n) is 15.4. The van der Waals surface area contributed by atoms with Crippen LogP contribution in [0.4, 0.5) is 0 Å². The average molecular weight is 341 g/mol. The SMILES string of the molecule is CC[C@H](NC(=O)[C@@H](CC)Oc1cccc(C)c1)c1ccc(OC)cc1. The number of hydrogen-bond donors (Lipinski definition) is 1. The van der Waals surface area contributed by atoms with Crippen LogP contribution in [0.3, 0.4) is 0 Å². The highest BCUT2D eigenvalue weighted by molar-refractivity contribution is 5.81. The van der Waals surface area contributed by atoms with E-state index in [0.29, 0.717) is 6.42 Å². The topological polar surface area (TPSA) is 47.6 Å². The van der Waals surface area contributed by atoms with Gasteiger partial charge in [0.15, 0.2) is 6.10 Å². The van der Waals surface area contributed by atoms with Crippen LogP contribution in [0.2, 0.25) is 0 Å². The summed E-state index contributed by atoms with van der Waals surface area (Å²) in [5.41, 5.74) is 2.17. The standard InChI is InChI=1S/C21H27NO3/c1-5-19(16-10-12-17(24-4)13-11-16)22-21(23)20(6-2)25-18-9-7-8-15(3)14-18/h7-14,19-20H,5-6H2,1-4H3,(H,22,23)/t19-,20+/m0/s1. The van der Waals surface area contributed by atoms with Crippen LogP contribution in [-0.4, -0.2) is 19.1 Å². The monoisotopic (exact) mass is 341 g/mol. The average Bonchev–Trinajstić information content (AvgIpc) is 2.64. The van der Waals surface area contributed by atoms with Crippen LogP contribution in [0.25, 0.3) is 0 Å². The predicted molar refractivity (Wildman–Crippen MR) is 100 cm³/mol. The molecule has 25 heavy (non-hydrogen) atoms. The summed E-state index contributed by atoms with van der Waals surface area (Å²) in [6.07, 6.45) is 0.909. The van der Waals surface area contributed by atoms with E-state index in [1.807, 2.05) is 62.4 Å². The van der Waals surface area contributed by atoms with Crippen molar-refractivity contribution in [3.8, 4) is 11.5 Å². The highest BCUT2D eigenvalue weighted by Gasteiger charge is 2.22. The number of ether oxygens (including phenoxy) is 2. The smallest absolute Gasteiger partial charge is 0.261 e. The molecule has 0 aliphatic heterocycles. The molecule has 134 valence electrons. The van der Waals surface area contributed by atoms with Gasteiger partial charge in [0.1, 0.15) is 11.5 Å². The number of methoxy groups -OCH3 is 1. The van der Waals surface area contributed by atoms with Crippen LogP contribution in [-0.2, 0) is 4.79 Å². The fourth-order valence-electron chi connectivity index (χ4n) is 2.70. The van der Waals surface area contributed by atoms with Crippen LogP contribution in [0.15, 0.2) is 48.5 Å². The Hall–Kier alpha value is -2.49. The van der Waals surface area contributed by atoms with Crippen molar-refractivity contribution in [2.24, 2.45) is 0 Å². The molecule has 2 aromatic rings. The Bertz CT molecular complexity index is 682. The maximum atomic E-state index is 12.7. The summed E-state index contributed by atoms with van der Waals surface area (Å²) >= 11 is 0. The molecule has 0 saturated heterocycles. The summed E-state index contributed by atoms with van der Waals surface area (Å²) in [5, 5.41) is 3.10. The molecule has 2 aromatic carbocycles. The van der Waals surface area contributed by atoms with Crippen LogP contribution >= 0.6 is 0 Å². The number of hydrogen-bond acceptors (Lipinski definition) is 3. The number of amides is 1. The van der Waals surface area contributed by atoms with E-state index in [1.54, 1.807) is 7.11 Å². The Balaban J connectivity index is 2.05. The quantitative estimate of drug-likeness (QED) is 0.773. The zero-order chi connectivity index (χ0) is 18.2. The maximum Gasteiger partial charge on any atom is 0.261 e. The molecule has 0 radical (unpaired) electrons. The summed E-state index contributed by atoms with van der Waals surface area (Å²) in [4.78, 5) is 12.7. The fourth-order valence-corrected chi connectivity index (χ4v) is 2.70. The van der Waals surface area contributed by atoms with E-state index < -0.39 is 6.10 Å². The molecular weight excluding hydrogens is 314 g/mol. The number of carbonyl (C=O) groups excluding carboxylic acids is 1. The van der Waals surface area contributed by atoms with Gasteiger partial charge in [-0.3, -0.25) is 4.79 Å². The highest BCUT2D eigenvalue weighted by atomic mass is 16.5. The Morgan fingerprint density at radius 3 is 2.32 bits per heavy atom. The van der Waals surface area contributed by atoms with Gasteiger partial charge in [0, 0.05) is 0 Å². The first kappa shape index (κ1) is 18.8. The lowest BCUT2D eigenvalue weighted by atomic mass is 10.0. The third-order valence-corrected chi connectivity index (χ3v) is 4.17. The second kappa shape index (κ2) is 9.11. The van der Waals surface area contributed by atoms with E-state index in [0.717, 1.165) is 29.0 Å². The van der Waals surface area contributed by atoms with Gasteiger partial charge >= 0.3 is 0 Å². The highest BCUT2D eigenvalue weighted by Crippen LogP contribution is 2.21. The molecular formula is C21H27NO3. The van der Waals surface area contributed by atoms with Gasteiger partial charge in [-0.15, -0.1) is 0 Å². The Labute approximate surface area is 150 Å². The lowest BCUT2D eigenvalue weighted by Crippen LogP contribution is -2.39. The minimum Gasteiger partial charge on any atom is -0.497 e. The Morgan fingerprint density at radius 2 is 1.76 bits per heavy atom. The van der Waals surface area contributed by atoms with Crippen molar-refractivity contribution in [3.63, 3.8) is 0 Å². The Kier molecular flexibility index (Phi) is 6.87. The number of benzene rings is 2. The third-order valence-electron chi connectivity index (χ3n) is 4.17. The summed E-state index contributed by atoms with van der Waals surface area (Å²) in [7, 11) is 1.64. The number of rotatable bonds is 8. The minimum atomic E-state index is -0.505. The molecule has 0 fully saturated rings. The van der Waals surface area contributed by atoms with Crippen molar-refractivity contribution in [3.05, 3.63) is 59.7 Å². The summed E-state index contributed by atoms with van der Waals surface area (Å²) in [6.45, 7) is 6.01. The molecule has 0 saturated carbocycles. The molecule has 0 bridgehead atoms. The first-order valence-electron chi connectivity index (χ1n) is 8.75. The molecule has 0 aromatic heterocycles. The van der Waals surface area contributed by atoms with Gasteiger partial charge in [-0.05, 0) is 55.2 Å². The lowest BCUT2D eigenvalue weighted by Gasteiger charge is -2.22. The van der Waals surface area contributed by atoms with Gasteiger partial charge < -0.3 is 14.8 Å². The molecule has 2 rings (SSSR count). The van der Waals surface area contributed by atoms with Gasteiger partial charge in [0.2, 0.25) is 0 Å². The van der Waals surface area contributed by atoms with Gasteiger partial charge in [-0.2, -0.15) is 0 Å². The Morgan fingerprint density at radius 1 is 1.04 bits per heavy atom. The summed E-state index contributed by atoms with van der Waals surface area (Å²) < 4.78 is 11.1. The number of aryl methyl sites for hydroxylation is 1. The molecule has 0 aliphatic rings. The second-order valence-electron chi connectivity index (χ2n) is 6.07. The van der Waals surface area contributed by atoms with Crippen LogP contribution < -0.4 is 14.8 Å². The molecule has 0 heterocycles.